The zero-order valence-electron chi connectivity index (χ0n) is 13.3. The maximum Gasteiger partial charge on any atom is 0.0359 e. The zero-order valence-corrected chi connectivity index (χ0v) is 13.3. The van der Waals surface area contributed by atoms with Gasteiger partial charge in [0.2, 0.25) is 0 Å². The molecule has 112 valence electrons. The average Bonchev–Trinajstić information content (AvgIpc) is 2.64. The van der Waals surface area contributed by atoms with Crippen molar-refractivity contribution in [2.45, 2.75) is 58.5 Å². The molecule has 0 radical (unpaired) electrons. The van der Waals surface area contributed by atoms with Crippen molar-refractivity contribution in [3.8, 4) is 0 Å². The minimum absolute atomic E-state index is 0.0964. The highest BCUT2D eigenvalue weighted by Gasteiger charge is 2.31. The molecule has 0 spiro atoms. The van der Waals surface area contributed by atoms with Crippen LogP contribution in [0, 0.1) is 5.41 Å². The molecular weight excluding hydrogens is 244 g/mol. The molecule has 1 fully saturated rings. The van der Waals surface area contributed by atoms with E-state index in [-0.39, 0.29) is 11.5 Å². The Kier molecular flexibility index (Phi) is 5.22. The fourth-order valence-electron chi connectivity index (χ4n) is 3.30. The van der Waals surface area contributed by atoms with E-state index in [0.29, 0.717) is 6.04 Å². The molecule has 1 aliphatic rings. The van der Waals surface area contributed by atoms with Crippen molar-refractivity contribution in [3.05, 3.63) is 35.9 Å². The van der Waals surface area contributed by atoms with Gasteiger partial charge in [-0.25, -0.2) is 0 Å². The van der Waals surface area contributed by atoms with Crippen LogP contribution in [-0.2, 0) is 0 Å². The molecule has 2 unspecified atom stereocenters. The summed E-state index contributed by atoms with van der Waals surface area (Å²) in [5, 5.41) is 0. The number of hydrogen-bond donors (Lipinski definition) is 1. The lowest BCUT2D eigenvalue weighted by Gasteiger charge is -2.39. The first kappa shape index (κ1) is 15.5. The van der Waals surface area contributed by atoms with Crippen LogP contribution in [0.15, 0.2) is 30.3 Å². The Morgan fingerprint density at radius 2 is 1.90 bits per heavy atom. The number of likely N-dealkylation sites (tertiary alicyclic amines) is 1. The van der Waals surface area contributed by atoms with Crippen LogP contribution in [0.3, 0.4) is 0 Å². The van der Waals surface area contributed by atoms with Gasteiger partial charge in [0.1, 0.15) is 0 Å². The molecule has 0 aliphatic carbocycles. The summed E-state index contributed by atoms with van der Waals surface area (Å²) in [7, 11) is 0. The molecule has 2 heteroatoms. The Labute approximate surface area is 124 Å². The van der Waals surface area contributed by atoms with Crippen molar-refractivity contribution in [2.24, 2.45) is 11.1 Å². The molecule has 1 aromatic carbocycles. The Hall–Kier alpha value is -0.860. The van der Waals surface area contributed by atoms with E-state index in [9.17, 15) is 0 Å². The van der Waals surface area contributed by atoms with E-state index in [4.69, 9.17) is 5.73 Å². The third-order valence-electron chi connectivity index (χ3n) is 4.80. The SMILES string of the molecule is CC1CCCCCN1CC(C)(C)C(N)c1ccccc1. The van der Waals surface area contributed by atoms with Crippen LogP contribution >= 0.6 is 0 Å². The highest BCUT2D eigenvalue weighted by atomic mass is 15.2. The van der Waals surface area contributed by atoms with Crippen LogP contribution in [0.25, 0.3) is 0 Å². The van der Waals surface area contributed by atoms with E-state index in [0.717, 1.165) is 6.54 Å². The Balaban J connectivity index is 2.05. The number of nitrogens with zero attached hydrogens (tertiary/aromatic N) is 1. The molecular formula is C18H30N2. The summed E-state index contributed by atoms with van der Waals surface area (Å²) >= 11 is 0. The van der Waals surface area contributed by atoms with Gasteiger partial charge in [0.05, 0.1) is 0 Å². The quantitative estimate of drug-likeness (QED) is 0.900. The van der Waals surface area contributed by atoms with Gasteiger partial charge < -0.3 is 10.6 Å². The third-order valence-corrected chi connectivity index (χ3v) is 4.80. The predicted molar refractivity (Wildman–Crippen MR) is 86.7 cm³/mol. The van der Waals surface area contributed by atoms with E-state index in [1.165, 1.54) is 37.8 Å². The van der Waals surface area contributed by atoms with Gasteiger partial charge in [-0.1, -0.05) is 57.0 Å². The van der Waals surface area contributed by atoms with Crippen LogP contribution in [-0.4, -0.2) is 24.0 Å². The van der Waals surface area contributed by atoms with E-state index in [1.54, 1.807) is 0 Å². The molecule has 2 nitrogen and oxygen atoms in total. The topological polar surface area (TPSA) is 29.3 Å². The summed E-state index contributed by atoms with van der Waals surface area (Å²) in [6.07, 6.45) is 5.42. The normalized spacial score (nSPS) is 23.3. The van der Waals surface area contributed by atoms with Gasteiger partial charge in [0, 0.05) is 18.6 Å². The van der Waals surface area contributed by atoms with Gasteiger partial charge in [-0.05, 0) is 37.3 Å². The van der Waals surface area contributed by atoms with Gasteiger partial charge in [-0.15, -0.1) is 0 Å². The van der Waals surface area contributed by atoms with Crippen LogP contribution in [0.5, 0.6) is 0 Å². The molecule has 0 saturated carbocycles. The Morgan fingerprint density at radius 1 is 1.20 bits per heavy atom. The van der Waals surface area contributed by atoms with E-state index in [2.05, 4.69) is 56.0 Å². The summed E-state index contributed by atoms with van der Waals surface area (Å²) < 4.78 is 0. The molecule has 1 heterocycles. The van der Waals surface area contributed by atoms with Gasteiger partial charge in [-0.2, -0.15) is 0 Å². The molecule has 0 bridgehead atoms. The molecule has 1 aliphatic heterocycles. The first-order valence-electron chi connectivity index (χ1n) is 8.05. The lowest BCUT2D eigenvalue weighted by atomic mass is 9.80. The number of benzene rings is 1. The first-order valence-corrected chi connectivity index (χ1v) is 8.05. The van der Waals surface area contributed by atoms with Gasteiger partial charge in [0.25, 0.3) is 0 Å². The second-order valence-electron chi connectivity index (χ2n) is 7.05. The van der Waals surface area contributed by atoms with Crippen molar-refractivity contribution in [3.63, 3.8) is 0 Å². The highest BCUT2D eigenvalue weighted by molar-refractivity contribution is 5.20. The number of hydrogen-bond acceptors (Lipinski definition) is 2. The summed E-state index contributed by atoms with van der Waals surface area (Å²) in [6, 6.07) is 11.3. The van der Waals surface area contributed by atoms with Crippen molar-refractivity contribution in [1.29, 1.82) is 0 Å². The molecule has 1 aromatic rings. The molecule has 2 rings (SSSR count). The lowest BCUT2D eigenvalue weighted by molar-refractivity contribution is 0.120. The van der Waals surface area contributed by atoms with E-state index in [1.807, 2.05) is 0 Å². The van der Waals surface area contributed by atoms with Crippen molar-refractivity contribution >= 4 is 0 Å². The molecule has 2 N–H and O–H groups in total. The minimum Gasteiger partial charge on any atom is -0.323 e. The highest BCUT2D eigenvalue weighted by Crippen LogP contribution is 2.33. The Bertz CT molecular complexity index is 399. The largest absolute Gasteiger partial charge is 0.323 e. The lowest BCUT2D eigenvalue weighted by Crippen LogP contribution is -2.44. The monoisotopic (exact) mass is 274 g/mol. The predicted octanol–water partition coefficient (Wildman–Crippen LogP) is 3.98. The fourth-order valence-corrected chi connectivity index (χ4v) is 3.30. The standard InChI is InChI=1S/C18H30N2/c1-15-10-6-5-9-13-20(15)14-18(2,3)17(19)16-11-7-4-8-12-16/h4,7-8,11-12,15,17H,5-6,9-10,13-14,19H2,1-3H3. The van der Waals surface area contributed by atoms with Gasteiger partial charge in [0.15, 0.2) is 0 Å². The number of rotatable bonds is 4. The van der Waals surface area contributed by atoms with Gasteiger partial charge >= 0.3 is 0 Å². The third kappa shape index (κ3) is 3.83. The summed E-state index contributed by atoms with van der Waals surface area (Å²) in [4.78, 5) is 2.65. The van der Waals surface area contributed by atoms with Crippen LogP contribution in [0.4, 0.5) is 0 Å². The van der Waals surface area contributed by atoms with Crippen LogP contribution in [0.1, 0.15) is 58.1 Å². The molecule has 0 amide bonds. The summed E-state index contributed by atoms with van der Waals surface area (Å²) in [5.74, 6) is 0. The van der Waals surface area contributed by atoms with Crippen LogP contribution in [0.2, 0.25) is 0 Å². The minimum atomic E-state index is 0.0964. The second-order valence-corrected chi connectivity index (χ2v) is 7.05. The summed E-state index contributed by atoms with van der Waals surface area (Å²) in [6.45, 7) is 9.30. The van der Waals surface area contributed by atoms with Crippen molar-refractivity contribution < 1.29 is 0 Å². The van der Waals surface area contributed by atoms with Crippen LogP contribution < -0.4 is 5.73 Å². The first-order chi connectivity index (χ1) is 9.50. The zero-order chi connectivity index (χ0) is 14.6. The maximum atomic E-state index is 6.55. The molecule has 0 aromatic heterocycles. The summed E-state index contributed by atoms with van der Waals surface area (Å²) in [5.41, 5.74) is 7.89. The van der Waals surface area contributed by atoms with Gasteiger partial charge in [-0.3, -0.25) is 0 Å². The fraction of sp³-hybridized carbons (Fsp3) is 0.667. The number of nitrogens with two attached hydrogens (primary N) is 1. The second kappa shape index (κ2) is 6.73. The maximum absolute atomic E-state index is 6.55. The smallest absolute Gasteiger partial charge is 0.0359 e. The molecule has 20 heavy (non-hydrogen) atoms. The Morgan fingerprint density at radius 3 is 2.60 bits per heavy atom. The van der Waals surface area contributed by atoms with E-state index >= 15 is 0 Å². The van der Waals surface area contributed by atoms with Crippen molar-refractivity contribution in [1.82, 2.24) is 4.90 Å². The average molecular weight is 274 g/mol. The molecule has 2 atom stereocenters. The van der Waals surface area contributed by atoms with E-state index < -0.39 is 0 Å². The van der Waals surface area contributed by atoms with Crippen molar-refractivity contribution in [2.75, 3.05) is 13.1 Å². The molecule has 1 saturated heterocycles.